The average molecular weight is 407 g/mol. The van der Waals surface area contributed by atoms with Crippen LogP contribution in [0.25, 0.3) is 22.1 Å². The minimum Gasteiger partial charge on any atom is -0.400 e. The van der Waals surface area contributed by atoms with Crippen LogP contribution in [0.5, 0.6) is 0 Å². The first-order valence-electron chi connectivity index (χ1n) is 10.4. The standard InChI is InChI=1S/C22H26N6.CH4O/c1-3-11-28(12-4-2)21-8-7-18-22(27-21)26-20(15-24-18)25-14-16-5-6-17-9-10-23-19(17)13-16;1-2/h5-10,13,15,23H,3-4,11-12,14H2,1-2H3,(H,25,26,27);2H,1H3. The van der Waals surface area contributed by atoms with Gasteiger partial charge >= 0.3 is 0 Å². The average Bonchev–Trinajstić information content (AvgIpc) is 3.26. The molecule has 158 valence electrons. The number of fused-ring (bicyclic) bond motifs is 2. The third-order valence-corrected chi connectivity index (χ3v) is 4.80. The maximum atomic E-state index is 7.00. The maximum Gasteiger partial charge on any atom is 0.182 e. The van der Waals surface area contributed by atoms with E-state index in [1.807, 2.05) is 18.3 Å². The van der Waals surface area contributed by atoms with Gasteiger partial charge in [0.1, 0.15) is 17.2 Å². The summed E-state index contributed by atoms with van der Waals surface area (Å²) in [5.41, 5.74) is 3.83. The summed E-state index contributed by atoms with van der Waals surface area (Å²) < 4.78 is 0. The lowest BCUT2D eigenvalue weighted by Gasteiger charge is -2.22. The number of aromatic amines is 1. The molecule has 0 radical (unpaired) electrons. The zero-order chi connectivity index (χ0) is 21.3. The number of benzene rings is 1. The highest BCUT2D eigenvalue weighted by molar-refractivity contribution is 5.80. The van der Waals surface area contributed by atoms with Crippen LogP contribution in [0.2, 0.25) is 0 Å². The molecule has 0 atom stereocenters. The van der Waals surface area contributed by atoms with Crippen LogP contribution >= 0.6 is 0 Å². The van der Waals surface area contributed by atoms with Crippen molar-refractivity contribution in [3.63, 3.8) is 0 Å². The molecule has 0 unspecified atom stereocenters. The number of aliphatic hydroxyl groups is 1. The molecule has 4 aromatic rings. The Morgan fingerprint density at radius 1 is 1.00 bits per heavy atom. The third-order valence-electron chi connectivity index (χ3n) is 4.80. The topological polar surface area (TPSA) is 90.0 Å². The normalized spacial score (nSPS) is 10.7. The van der Waals surface area contributed by atoms with Crippen LogP contribution in [0, 0.1) is 0 Å². The summed E-state index contributed by atoms with van der Waals surface area (Å²) in [6.45, 7) is 7.07. The number of anilines is 2. The van der Waals surface area contributed by atoms with E-state index in [4.69, 9.17) is 10.1 Å². The summed E-state index contributed by atoms with van der Waals surface area (Å²) >= 11 is 0. The zero-order valence-electron chi connectivity index (χ0n) is 17.9. The van der Waals surface area contributed by atoms with E-state index in [2.05, 4.69) is 63.3 Å². The predicted octanol–water partition coefficient (Wildman–Crippen LogP) is 4.35. The largest absolute Gasteiger partial charge is 0.400 e. The fraction of sp³-hybridized carbons (Fsp3) is 0.348. The van der Waals surface area contributed by atoms with Crippen molar-refractivity contribution in [3.8, 4) is 0 Å². The number of hydrogen-bond acceptors (Lipinski definition) is 6. The highest BCUT2D eigenvalue weighted by atomic mass is 16.2. The van der Waals surface area contributed by atoms with Gasteiger partial charge in [-0.1, -0.05) is 26.0 Å². The first kappa shape index (κ1) is 21.5. The van der Waals surface area contributed by atoms with Crippen molar-refractivity contribution in [2.45, 2.75) is 33.2 Å². The molecular formula is C23H30N6O. The summed E-state index contributed by atoms with van der Waals surface area (Å²) in [6.07, 6.45) is 5.92. The minimum absolute atomic E-state index is 0.680. The lowest BCUT2D eigenvalue weighted by molar-refractivity contribution is 0.399. The molecule has 30 heavy (non-hydrogen) atoms. The van der Waals surface area contributed by atoms with Crippen molar-refractivity contribution in [2.75, 3.05) is 30.4 Å². The molecule has 7 heteroatoms. The maximum absolute atomic E-state index is 7.00. The molecule has 7 nitrogen and oxygen atoms in total. The second-order valence-corrected chi connectivity index (χ2v) is 7.01. The molecule has 0 aliphatic rings. The van der Waals surface area contributed by atoms with Crippen molar-refractivity contribution in [2.24, 2.45) is 0 Å². The van der Waals surface area contributed by atoms with Crippen LogP contribution in [0.1, 0.15) is 32.3 Å². The van der Waals surface area contributed by atoms with Crippen molar-refractivity contribution in [1.82, 2.24) is 19.9 Å². The molecule has 0 amide bonds. The number of H-pyrrole nitrogens is 1. The summed E-state index contributed by atoms with van der Waals surface area (Å²) in [6, 6.07) is 12.5. The molecule has 3 heterocycles. The molecule has 0 aliphatic carbocycles. The van der Waals surface area contributed by atoms with Gasteiger partial charge in [-0.15, -0.1) is 0 Å². The lowest BCUT2D eigenvalue weighted by atomic mass is 10.1. The van der Waals surface area contributed by atoms with Gasteiger partial charge in [-0.05, 0) is 48.1 Å². The first-order valence-corrected chi connectivity index (χ1v) is 10.4. The molecular weight excluding hydrogens is 376 g/mol. The smallest absolute Gasteiger partial charge is 0.182 e. The van der Waals surface area contributed by atoms with Crippen molar-refractivity contribution < 1.29 is 5.11 Å². The molecule has 3 N–H and O–H groups in total. The van der Waals surface area contributed by atoms with Gasteiger partial charge in [0.05, 0.1) is 6.20 Å². The van der Waals surface area contributed by atoms with Gasteiger partial charge in [-0.3, -0.25) is 0 Å². The van der Waals surface area contributed by atoms with Gasteiger partial charge < -0.3 is 20.3 Å². The Hall–Kier alpha value is -3.19. The molecule has 1 aromatic carbocycles. The second-order valence-electron chi connectivity index (χ2n) is 7.01. The Bertz CT molecular complexity index is 1070. The van der Waals surface area contributed by atoms with E-state index in [9.17, 15) is 0 Å². The van der Waals surface area contributed by atoms with E-state index in [-0.39, 0.29) is 0 Å². The van der Waals surface area contributed by atoms with Crippen molar-refractivity contribution in [1.29, 1.82) is 0 Å². The number of nitrogens with zero attached hydrogens (tertiary/aromatic N) is 4. The van der Waals surface area contributed by atoms with Crippen LogP contribution < -0.4 is 10.2 Å². The molecule has 0 saturated carbocycles. The number of pyridine rings is 1. The Morgan fingerprint density at radius 2 is 1.80 bits per heavy atom. The van der Waals surface area contributed by atoms with Crippen LogP contribution in [0.3, 0.4) is 0 Å². The zero-order valence-corrected chi connectivity index (χ0v) is 17.9. The van der Waals surface area contributed by atoms with E-state index in [1.54, 1.807) is 6.20 Å². The van der Waals surface area contributed by atoms with Crippen LogP contribution in [-0.4, -0.2) is 45.2 Å². The molecule has 3 aromatic heterocycles. The third kappa shape index (κ3) is 5.04. The SMILES string of the molecule is CCCN(CCC)c1ccc2ncc(NCc3ccc4cc[nH]c4c3)nc2n1.CO. The molecule has 4 rings (SSSR count). The molecule has 0 aliphatic heterocycles. The monoisotopic (exact) mass is 406 g/mol. The fourth-order valence-corrected chi connectivity index (χ4v) is 3.43. The number of aromatic nitrogens is 4. The van der Waals surface area contributed by atoms with Gasteiger partial charge in [0.25, 0.3) is 0 Å². The van der Waals surface area contributed by atoms with Gasteiger partial charge in [0.15, 0.2) is 5.65 Å². The number of nitrogens with one attached hydrogen (secondary N) is 2. The predicted molar refractivity (Wildman–Crippen MR) is 124 cm³/mol. The van der Waals surface area contributed by atoms with Crippen molar-refractivity contribution in [3.05, 3.63) is 54.4 Å². The van der Waals surface area contributed by atoms with Crippen LogP contribution in [0.15, 0.2) is 48.8 Å². The number of rotatable bonds is 8. The van der Waals surface area contributed by atoms with E-state index < -0.39 is 0 Å². The van der Waals surface area contributed by atoms with Gasteiger partial charge in [-0.2, -0.15) is 0 Å². The fourth-order valence-electron chi connectivity index (χ4n) is 3.43. The van der Waals surface area contributed by atoms with Gasteiger partial charge in [0, 0.05) is 38.5 Å². The Morgan fingerprint density at radius 3 is 2.57 bits per heavy atom. The summed E-state index contributed by atoms with van der Waals surface area (Å²) in [7, 11) is 1.00. The highest BCUT2D eigenvalue weighted by Gasteiger charge is 2.09. The van der Waals surface area contributed by atoms with Gasteiger partial charge in [0.2, 0.25) is 0 Å². The van der Waals surface area contributed by atoms with Gasteiger partial charge in [-0.25, -0.2) is 15.0 Å². The Balaban J connectivity index is 0.00000124. The number of aliphatic hydroxyl groups excluding tert-OH is 1. The quantitative estimate of drug-likeness (QED) is 0.403. The van der Waals surface area contributed by atoms with E-state index >= 15 is 0 Å². The summed E-state index contributed by atoms with van der Waals surface area (Å²) in [4.78, 5) is 19.5. The Kier molecular flexibility index (Phi) is 7.57. The van der Waals surface area contributed by atoms with E-state index in [0.29, 0.717) is 12.2 Å². The van der Waals surface area contributed by atoms with Crippen LogP contribution in [0.4, 0.5) is 11.6 Å². The molecule has 0 fully saturated rings. The van der Waals surface area contributed by atoms with E-state index in [0.717, 1.165) is 55.7 Å². The minimum atomic E-state index is 0.680. The second kappa shape index (κ2) is 10.5. The van der Waals surface area contributed by atoms with Crippen molar-refractivity contribution >= 4 is 33.7 Å². The highest BCUT2D eigenvalue weighted by Crippen LogP contribution is 2.19. The first-order chi connectivity index (χ1) is 14.8. The molecule has 0 bridgehead atoms. The number of hydrogen-bond donors (Lipinski definition) is 3. The lowest BCUT2D eigenvalue weighted by Crippen LogP contribution is -2.25. The van der Waals surface area contributed by atoms with Crippen LogP contribution in [-0.2, 0) is 6.54 Å². The molecule has 0 saturated heterocycles. The summed E-state index contributed by atoms with van der Waals surface area (Å²) in [5.74, 6) is 1.71. The van der Waals surface area contributed by atoms with E-state index in [1.165, 1.54) is 10.9 Å². The Labute approximate surface area is 177 Å². The summed E-state index contributed by atoms with van der Waals surface area (Å²) in [5, 5.41) is 11.6. The molecule has 0 spiro atoms.